The molecule has 0 saturated carbocycles. The zero-order valence-electron chi connectivity index (χ0n) is 11.3. The summed E-state index contributed by atoms with van der Waals surface area (Å²) in [5, 5.41) is 19.3. The van der Waals surface area contributed by atoms with Gasteiger partial charge in [-0.15, -0.1) is 5.10 Å². The quantitative estimate of drug-likeness (QED) is 0.829. The fraction of sp³-hybridized carbons (Fsp3) is 0.308. The van der Waals surface area contributed by atoms with Gasteiger partial charge in [-0.3, -0.25) is 0 Å². The molecule has 0 amide bonds. The number of aromatic carboxylic acids is 1. The highest BCUT2D eigenvalue weighted by molar-refractivity contribution is 5.84. The first-order valence-electron chi connectivity index (χ1n) is 6.12. The van der Waals surface area contributed by atoms with E-state index in [1.165, 1.54) is 10.9 Å². The normalized spacial score (nSPS) is 10.3. The zero-order chi connectivity index (χ0) is 14.5. The van der Waals surface area contributed by atoms with Gasteiger partial charge in [0.25, 0.3) is 0 Å². The first-order valence-corrected chi connectivity index (χ1v) is 6.12. The van der Waals surface area contributed by atoms with Gasteiger partial charge in [0.05, 0.1) is 25.5 Å². The number of carboxylic acid groups (broad SMARTS) is 1. The summed E-state index contributed by atoms with van der Waals surface area (Å²) in [6.07, 6.45) is 1.40. The van der Waals surface area contributed by atoms with Crippen LogP contribution in [0, 0.1) is 6.92 Å². The Balaban J connectivity index is 1.95. The van der Waals surface area contributed by atoms with Crippen molar-refractivity contribution < 1.29 is 14.6 Å². The number of rotatable bonds is 6. The van der Waals surface area contributed by atoms with Crippen molar-refractivity contribution in [2.45, 2.75) is 13.5 Å². The van der Waals surface area contributed by atoms with Crippen LogP contribution in [0.25, 0.3) is 0 Å². The zero-order valence-corrected chi connectivity index (χ0v) is 11.3. The molecule has 0 saturated heterocycles. The van der Waals surface area contributed by atoms with Crippen LogP contribution in [-0.2, 0) is 6.54 Å². The molecule has 0 aliphatic rings. The molecule has 20 heavy (non-hydrogen) atoms. The van der Waals surface area contributed by atoms with Gasteiger partial charge in [-0.05, 0) is 24.6 Å². The highest BCUT2D eigenvalue weighted by Crippen LogP contribution is 2.24. The van der Waals surface area contributed by atoms with Crippen molar-refractivity contribution >= 4 is 11.7 Å². The van der Waals surface area contributed by atoms with Crippen LogP contribution < -0.4 is 10.1 Å². The molecule has 0 atom stereocenters. The van der Waals surface area contributed by atoms with Crippen LogP contribution in [0.1, 0.15) is 16.1 Å². The number of benzene rings is 1. The molecule has 0 bridgehead atoms. The summed E-state index contributed by atoms with van der Waals surface area (Å²) in [4.78, 5) is 10.7. The van der Waals surface area contributed by atoms with Crippen LogP contribution >= 0.6 is 0 Å². The number of hydrogen-bond donors (Lipinski definition) is 2. The van der Waals surface area contributed by atoms with Crippen molar-refractivity contribution in [3.05, 3.63) is 35.7 Å². The maximum Gasteiger partial charge on any atom is 0.358 e. The first kappa shape index (κ1) is 13.9. The van der Waals surface area contributed by atoms with E-state index in [-0.39, 0.29) is 5.69 Å². The lowest BCUT2D eigenvalue weighted by molar-refractivity contribution is 0.0690. The molecule has 0 radical (unpaired) electrons. The minimum Gasteiger partial charge on any atom is -0.495 e. The third kappa shape index (κ3) is 3.25. The third-order valence-electron chi connectivity index (χ3n) is 2.77. The Hall–Kier alpha value is -2.57. The van der Waals surface area contributed by atoms with Gasteiger partial charge in [-0.1, -0.05) is 11.3 Å². The van der Waals surface area contributed by atoms with Crippen molar-refractivity contribution in [2.24, 2.45) is 0 Å². The van der Waals surface area contributed by atoms with E-state index in [2.05, 4.69) is 15.6 Å². The molecule has 106 valence electrons. The summed E-state index contributed by atoms with van der Waals surface area (Å²) in [6.45, 7) is 3.10. The summed E-state index contributed by atoms with van der Waals surface area (Å²) in [7, 11) is 1.62. The highest BCUT2D eigenvalue weighted by atomic mass is 16.5. The average Bonchev–Trinajstić information content (AvgIpc) is 2.88. The lowest BCUT2D eigenvalue weighted by Crippen LogP contribution is -2.11. The van der Waals surface area contributed by atoms with Gasteiger partial charge < -0.3 is 15.2 Å². The standard InChI is InChI=1S/C13H16N4O3/c1-9-3-4-12(20-2)10(7-9)14-5-6-17-8-11(13(18)19)15-16-17/h3-4,7-8,14H,5-6H2,1-2H3,(H,18,19). The lowest BCUT2D eigenvalue weighted by Gasteiger charge is -2.11. The lowest BCUT2D eigenvalue weighted by atomic mass is 10.2. The van der Waals surface area contributed by atoms with Crippen LogP contribution in [0.4, 0.5) is 5.69 Å². The van der Waals surface area contributed by atoms with Gasteiger partial charge in [-0.25, -0.2) is 9.48 Å². The van der Waals surface area contributed by atoms with Crippen LogP contribution in [0.15, 0.2) is 24.4 Å². The molecule has 1 aromatic heterocycles. The van der Waals surface area contributed by atoms with E-state index in [1.54, 1.807) is 7.11 Å². The number of carbonyl (C=O) groups is 1. The maximum atomic E-state index is 10.7. The summed E-state index contributed by atoms with van der Waals surface area (Å²) >= 11 is 0. The number of ether oxygens (including phenoxy) is 1. The molecule has 2 N–H and O–H groups in total. The molecule has 1 aromatic carbocycles. The number of nitrogens with zero attached hydrogens (tertiary/aromatic N) is 3. The third-order valence-corrected chi connectivity index (χ3v) is 2.77. The van der Waals surface area contributed by atoms with Gasteiger partial charge in [0.15, 0.2) is 5.69 Å². The van der Waals surface area contributed by atoms with Crippen molar-refractivity contribution in [3.63, 3.8) is 0 Å². The number of nitrogens with one attached hydrogen (secondary N) is 1. The average molecular weight is 276 g/mol. The van der Waals surface area contributed by atoms with E-state index in [0.29, 0.717) is 13.1 Å². The van der Waals surface area contributed by atoms with Crippen molar-refractivity contribution in [3.8, 4) is 5.75 Å². The van der Waals surface area contributed by atoms with Gasteiger partial charge in [-0.2, -0.15) is 0 Å². The fourth-order valence-electron chi connectivity index (χ4n) is 1.77. The molecule has 0 spiro atoms. The predicted molar refractivity (Wildman–Crippen MR) is 73.2 cm³/mol. The molecular formula is C13H16N4O3. The number of hydrogen-bond acceptors (Lipinski definition) is 5. The largest absolute Gasteiger partial charge is 0.495 e. The fourth-order valence-corrected chi connectivity index (χ4v) is 1.77. The number of anilines is 1. The minimum absolute atomic E-state index is 0.0573. The molecule has 2 aromatic rings. The number of carboxylic acids is 1. The molecule has 0 fully saturated rings. The van der Waals surface area contributed by atoms with E-state index in [1.807, 2.05) is 25.1 Å². The molecule has 7 nitrogen and oxygen atoms in total. The maximum absolute atomic E-state index is 10.7. The van der Waals surface area contributed by atoms with Crippen molar-refractivity contribution in [1.82, 2.24) is 15.0 Å². The Bertz CT molecular complexity index is 609. The van der Waals surface area contributed by atoms with Gasteiger partial charge in [0.1, 0.15) is 5.75 Å². The van der Waals surface area contributed by atoms with Crippen LogP contribution in [-0.4, -0.2) is 39.7 Å². The Morgan fingerprint density at radius 3 is 2.95 bits per heavy atom. The molecule has 0 unspecified atom stereocenters. The molecule has 0 aliphatic heterocycles. The van der Waals surface area contributed by atoms with Crippen molar-refractivity contribution in [2.75, 3.05) is 19.0 Å². The second-order valence-corrected chi connectivity index (χ2v) is 4.30. The molecule has 0 aliphatic carbocycles. The summed E-state index contributed by atoms with van der Waals surface area (Å²) in [5.41, 5.74) is 1.96. The topological polar surface area (TPSA) is 89.3 Å². The predicted octanol–water partition coefficient (Wildman–Crippen LogP) is 1.41. The Kier molecular flexibility index (Phi) is 4.19. The van der Waals surface area contributed by atoms with E-state index in [0.717, 1.165) is 17.0 Å². The van der Waals surface area contributed by atoms with Crippen LogP contribution in [0.2, 0.25) is 0 Å². The second kappa shape index (κ2) is 6.05. The molecule has 2 rings (SSSR count). The number of aryl methyl sites for hydroxylation is 1. The Morgan fingerprint density at radius 2 is 2.30 bits per heavy atom. The van der Waals surface area contributed by atoms with E-state index in [4.69, 9.17) is 9.84 Å². The summed E-state index contributed by atoms with van der Waals surface area (Å²) in [5.74, 6) is -0.315. The van der Waals surface area contributed by atoms with Crippen LogP contribution in [0.5, 0.6) is 5.75 Å². The van der Waals surface area contributed by atoms with Crippen LogP contribution in [0.3, 0.4) is 0 Å². The van der Waals surface area contributed by atoms with Crippen molar-refractivity contribution in [1.29, 1.82) is 0 Å². The van der Waals surface area contributed by atoms with E-state index >= 15 is 0 Å². The Morgan fingerprint density at radius 1 is 1.50 bits per heavy atom. The minimum atomic E-state index is -1.08. The summed E-state index contributed by atoms with van der Waals surface area (Å²) < 4.78 is 6.75. The second-order valence-electron chi connectivity index (χ2n) is 4.30. The monoisotopic (exact) mass is 276 g/mol. The SMILES string of the molecule is COc1ccc(C)cc1NCCn1cc(C(=O)O)nn1. The Labute approximate surface area is 116 Å². The molecule has 1 heterocycles. The smallest absolute Gasteiger partial charge is 0.358 e. The van der Waals surface area contributed by atoms with Gasteiger partial charge in [0.2, 0.25) is 0 Å². The summed E-state index contributed by atoms with van der Waals surface area (Å²) in [6, 6.07) is 5.86. The molecular weight excluding hydrogens is 260 g/mol. The van der Waals surface area contributed by atoms with E-state index < -0.39 is 5.97 Å². The van der Waals surface area contributed by atoms with E-state index in [9.17, 15) is 4.79 Å². The highest BCUT2D eigenvalue weighted by Gasteiger charge is 2.08. The molecule has 7 heteroatoms. The number of aromatic nitrogens is 3. The van der Waals surface area contributed by atoms with Gasteiger partial charge >= 0.3 is 5.97 Å². The number of methoxy groups -OCH3 is 1. The van der Waals surface area contributed by atoms with Gasteiger partial charge in [0, 0.05) is 6.54 Å². The first-order chi connectivity index (χ1) is 9.60.